The third-order valence-electron chi connectivity index (χ3n) is 3.59. The van der Waals surface area contributed by atoms with Gasteiger partial charge in [-0.1, -0.05) is 30.3 Å². The number of pyridine rings is 1. The molecule has 1 aliphatic rings. The molecule has 1 aliphatic carbocycles. The van der Waals surface area contributed by atoms with Gasteiger partial charge in [0.25, 0.3) is 5.91 Å². The average Bonchev–Trinajstić information content (AvgIpc) is 3.42. The molecule has 0 radical (unpaired) electrons. The number of aliphatic hydroxyl groups is 1. The van der Waals surface area contributed by atoms with E-state index in [1.165, 1.54) is 6.20 Å². The van der Waals surface area contributed by atoms with Crippen LogP contribution in [-0.2, 0) is 9.59 Å². The van der Waals surface area contributed by atoms with E-state index in [4.69, 9.17) is 0 Å². The fourth-order valence-electron chi connectivity index (χ4n) is 2.11. The van der Waals surface area contributed by atoms with Crippen molar-refractivity contribution < 1.29 is 14.7 Å². The summed E-state index contributed by atoms with van der Waals surface area (Å²) in [6.07, 6.45) is 2.05. The first kappa shape index (κ1) is 15.2. The number of nitrogens with one attached hydrogen (secondary N) is 2. The van der Waals surface area contributed by atoms with E-state index >= 15 is 0 Å². The Morgan fingerprint density at radius 2 is 1.83 bits per heavy atom. The van der Waals surface area contributed by atoms with Crippen LogP contribution in [-0.4, -0.2) is 21.9 Å². The molecular formula is C17H17N3O3. The van der Waals surface area contributed by atoms with Crippen LogP contribution in [0.4, 0.5) is 11.5 Å². The lowest BCUT2D eigenvalue weighted by atomic mass is 10.1. The SMILES string of the molecule is O=C(Nc1ccc(NC(=O)[C@H](O)c2ccccc2)cn1)C1CC1. The number of anilines is 2. The average molecular weight is 311 g/mol. The zero-order valence-corrected chi connectivity index (χ0v) is 12.4. The summed E-state index contributed by atoms with van der Waals surface area (Å²) in [6.45, 7) is 0. The maximum atomic E-state index is 12.0. The molecule has 0 bridgehead atoms. The van der Waals surface area contributed by atoms with Crippen molar-refractivity contribution in [2.45, 2.75) is 18.9 Å². The summed E-state index contributed by atoms with van der Waals surface area (Å²) < 4.78 is 0. The topological polar surface area (TPSA) is 91.3 Å². The number of carbonyl (C=O) groups excluding carboxylic acids is 2. The number of nitrogens with zero attached hydrogens (tertiary/aromatic N) is 1. The molecule has 1 aromatic carbocycles. The highest BCUT2D eigenvalue weighted by atomic mass is 16.3. The van der Waals surface area contributed by atoms with Crippen LogP contribution in [0.2, 0.25) is 0 Å². The number of amides is 2. The molecule has 118 valence electrons. The molecule has 3 rings (SSSR count). The molecular weight excluding hydrogens is 294 g/mol. The second-order valence-corrected chi connectivity index (χ2v) is 5.50. The third kappa shape index (κ3) is 3.92. The number of aromatic nitrogens is 1. The highest BCUT2D eigenvalue weighted by molar-refractivity contribution is 5.95. The molecule has 23 heavy (non-hydrogen) atoms. The highest BCUT2D eigenvalue weighted by Crippen LogP contribution is 2.30. The molecule has 2 aromatic rings. The molecule has 1 saturated carbocycles. The summed E-state index contributed by atoms with van der Waals surface area (Å²) in [5.74, 6) is 0.00209. The smallest absolute Gasteiger partial charge is 0.257 e. The number of hydrogen-bond acceptors (Lipinski definition) is 4. The fourth-order valence-corrected chi connectivity index (χ4v) is 2.11. The van der Waals surface area contributed by atoms with Gasteiger partial charge < -0.3 is 15.7 Å². The summed E-state index contributed by atoms with van der Waals surface area (Å²) in [5, 5.41) is 15.3. The first-order chi connectivity index (χ1) is 11.1. The first-order valence-electron chi connectivity index (χ1n) is 7.44. The lowest BCUT2D eigenvalue weighted by molar-refractivity contribution is -0.124. The van der Waals surface area contributed by atoms with Crippen LogP contribution in [0.1, 0.15) is 24.5 Å². The van der Waals surface area contributed by atoms with E-state index in [-0.39, 0.29) is 11.8 Å². The van der Waals surface area contributed by atoms with Crippen molar-refractivity contribution in [3.05, 3.63) is 54.2 Å². The molecule has 0 aliphatic heterocycles. The van der Waals surface area contributed by atoms with Gasteiger partial charge in [0.05, 0.1) is 11.9 Å². The van der Waals surface area contributed by atoms with Gasteiger partial charge in [-0.15, -0.1) is 0 Å². The predicted molar refractivity (Wildman–Crippen MR) is 85.6 cm³/mol. The van der Waals surface area contributed by atoms with Crippen LogP contribution < -0.4 is 10.6 Å². The zero-order chi connectivity index (χ0) is 16.2. The van der Waals surface area contributed by atoms with Crippen molar-refractivity contribution in [2.75, 3.05) is 10.6 Å². The van der Waals surface area contributed by atoms with Gasteiger partial charge in [0.1, 0.15) is 5.82 Å². The monoisotopic (exact) mass is 311 g/mol. The Bertz CT molecular complexity index is 697. The van der Waals surface area contributed by atoms with Gasteiger partial charge in [0.15, 0.2) is 6.10 Å². The maximum Gasteiger partial charge on any atom is 0.257 e. The third-order valence-corrected chi connectivity index (χ3v) is 3.59. The number of benzene rings is 1. The molecule has 1 atom stereocenters. The van der Waals surface area contributed by atoms with Gasteiger partial charge in [0.2, 0.25) is 5.91 Å². The van der Waals surface area contributed by atoms with Gasteiger partial charge in [-0.2, -0.15) is 0 Å². The first-order valence-corrected chi connectivity index (χ1v) is 7.44. The summed E-state index contributed by atoms with van der Waals surface area (Å²) in [5.41, 5.74) is 0.973. The van der Waals surface area contributed by atoms with Gasteiger partial charge in [-0.25, -0.2) is 4.98 Å². The molecule has 6 nitrogen and oxygen atoms in total. The second-order valence-electron chi connectivity index (χ2n) is 5.50. The molecule has 6 heteroatoms. The van der Waals surface area contributed by atoms with Crippen LogP contribution in [0.25, 0.3) is 0 Å². The Hall–Kier alpha value is -2.73. The van der Waals surface area contributed by atoms with E-state index in [0.29, 0.717) is 17.1 Å². The summed E-state index contributed by atoms with van der Waals surface area (Å²) >= 11 is 0. The lowest BCUT2D eigenvalue weighted by Gasteiger charge is -2.12. The largest absolute Gasteiger partial charge is 0.378 e. The Kier molecular flexibility index (Phi) is 4.34. The number of carbonyl (C=O) groups is 2. The van der Waals surface area contributed by atoms with Gasteiger partial charge >= 0.3 is 0 Å². The minimum absolute atomic E-state index is 0.0196. The van der Waals surface area contributed by atoms with E-state index in [1.807, 2.05) is 6.07 Å². The van der Waals surface area contributed by atoms with E-state index in [2.05, 4.69) is 15.6 Å². The lowest BCUT2D eigenvalue weighted by Crippen LogP contribution is -2.21. The minimum atomic E-state index is -1.24. The Morgan fingerprint density at radius 3 is 2.43 bits per heavy atom. The van der Waals surface area contributed by atoms with Crippen molar-refractivity contribution in [3.8, 4) is 0 Å². The van der Waals surface area contributed by atoms with E-state index in [1.54, 1.807) is 36.4 Å². The van der Waals surface area contributed by atoms with Gasteiger partial charge in [-0.3, -0.25) is 9.59 Å². The van der Waals surface area contributed by atoms with E-state index < -0.39 is 12.0 Å². The highest BCUT2D eigenvalue weighted by Gasteiger charge is 2.29. The van der Waals surface area contributed by atoms with Crippen LogP contribution >= 0.6 is 0 Å². The van der Waals surface area contributed by atoms with Crippen LogP contribution in [0, 0.1) is 5.92 Å². The molecule has 0 unspecified atom stereocenters. The summed E-state index contributed by atoms with van der Waals surface area (Å²) in [4.78, 5) is 27.7. The van der Waals surface area contributed by atoms with Crippen molar-refractivity contribution in [1.82, 2.24) is 4.98 Å². The molecule has 0 spiro atoms. The molecule has 3 N–H and O–H groups in total. The Morgan fingerprint density at radius 1 is 1.09 bits per heavy atom. The summed E-state index contributed by atoms with van der Waals surface area (Å²) in [7, 11) is 0. The molecule has 1 aromatic heterocycles. The number of hydrogen-bond donors (Lipinski definition) is 3. The van der Waals surface area contributed by atoms with Crippen molar-refractivity contribution in [2.24, 2.45) is 5.92 Å². The Balaban J connectivity index is 1.59. The minimum Gasteiger partial charge on any atom is -0.378 e. The molecule has 0 saturated heterocycles. The van der Waals surface area contributed by atoms with Gasteiger partial charge in [0, 0.05) is 5.92 Å². The Labute approximate surface area is 133 Å². The molecule has 1 fully saturated rings. The van der Waals surface area contributed by atoms with Crippen molar-refractivity contribution in [3.63, 3.8) is 0 Å². The molecule has 1 heterocycles. The van der Waals surface area contributed by atoms with E-state index in [9.17, 15) is 14.7 Å². The van der Waals surface area contributed by atoms with Crippen LogP contribution in [0.3, 0.4) is 0 Å². The van der Waals surface area contributed by atoms with Gasteiger partial charge in [-0.05, 0) is 30.5 Å². The molecule has 2 amide bonds. The number of aliphatic hydroxyl groups excluding tert-OH is 1. The summed E-state index contributed by atoms with van der Waals surface area (Å²) in [6, 6.07) is 11.9. The standard InChI is InChI=1S/C17H17N3O3/c21-15(11-4-2-1-3-5-11)17(23)19-13-8-9-14(18-10-13)20-16(22)12-6-7-12/h1-5,8-10,12,15,21H,6-7H2,(H,19,23)(H,18,20,22)/t15-/m1/s1. The van der Waals surface area contributed by atoms with Crippen LogP contribution in [0.15, 0.2) is 48.7 Å². The normalized spacial score (nSPS) is 14.8. The predicted octanol–water partition coefficient (Wildman–Crippen LogP) is 2.10. The number of rotatable bonds is 5. The van der Waals surface area contributed by atoms with Crippen molar-refractivity contribution >= 4 is 23.3 Å². The quantitative estimate of drug-likeness (QED) is 0.788. The van der Waals surface area contributed by atoms with Crippen molar-refractivity contribution in [1.29, 1.82) is 0 Å². The zero-order valence-electron chi connectivity index (χ0n) is 12.4. The van der Waals surface area contributed by atoms with Crippen LogP contribution in [0.5, 0.6) is 0 Å². The fraction of sp³-hybridized carbons (Fsp3) is 0.235. The maximum absolute atomic E-state index is 12.0. The van der Waals surface area contributed by atoms with E-state index in [0.717, 1.165) is 12.8 Å². The second kappa shape index (κ2) is 6.58.